The summed E-state index contributed by atoms with van der Waals surface area (Å²) in [5, 5.41) is 5.27. The van der Waals surface area contributed by atoms with Gasteiger partial charge in [0.05, 0.1) is 26.4 Å². The number of nitrogens with zero attached hydrogens (tertiary/aromatic N) is 1. The van der Waals surface area contributed by atoms with Gasteiger partial charge in [0.2, 0.25) is 11.8 Å². The molecule has 0 fully saturated rings. The lowest BCUT2D eigenvalue weighted by molar-refractivity contribution is -0.116. The van der Waals surface area contributed by atoms with Crippen molar-refractivity contribution in [2.24, 2.45) is 0 Å². The van der Waals surface area contributed by atoms with E-state index in [2.05, 4.69) is 15.6 Å². The predicted octanol–water partition coefficient (Wildman–Crippen LogP) is 3.47. The van der Waals surface area contributed by atoms with Crippen LogP contribution in [0.15, 0.2) is 79.0 Å². The van der Waals surface area contributed by atoms with Crippen LogP contribution in [0.5, 0.6) is 11.6 Å². The van der Waals surface area contributed by atoms with Gasteiger partial charge in [0.1, 0.15) is 11.3 Å². The molecule has 0 bridgehead atoms. The van der Waals surface area contributed by atoms with Gasteiger partial charge < -0.3 is 24.8 Å². The first-order valence-electron chi connectivity index (χ1n) is 12.0. The predicted molar refractivity (Wildman–Crippen MR) is 138 cm³/mol. The molecule has 2 amide bonds. The molecule has 0 spiro atoms. The molecule has 0 unspecified atom stereocenters. The van der Waals surface area contributed by atoms with E-state index in [0.717, 1.165) is 30.4 Å². The number of para-hydroxylation sites is 1. The van der Waals surface area contributed by atoms with Crippen LogP contribution in [-0.2, 0) is 14.3 Å². The van der Waals surface area contributed by atoms with Crippen molar-refractivity contribution in [2.45, 2.75) is 0 Å². The number of ketones is 1. The molecular weight excluding hydrogens is 512 g/mol. The number of ether oxygens (including phenoxy) is 3. The van der Waals surface area contributed by atoms with Gasteiger partial charge in [-0.2, -0.15) is 0 Å². The monoisotopic (exact) mass is 539 g/mol. The van der Waals surface area contributed by atoms with Gasteiger partial charge in [-0.1, -0.05) is 18.2 Å². The Balaban J connectivity index is 1.23. The second-order valence-electron chi connectivity index (χ2n) is 7.87. The number of benzene rings is 2. The normalized spacial score (nSPS) is 10.8. The van der Waals surface area contributed by atoms with Crippen LogP contribution in [0.2, 0.25) is 0 Å². The molecule has 39 heavy (non-hydrogen) atoms. The van der Waals surface area contributed by atoms with E-state index in [1.165, 1.54) is 0 Å². The van der Waals surface area contributed by atoms with Crippen LogP contribution < -0.4 is 15.4 Å². The zero-order valence-electron chi connectivity index (χ0n) is 20.9. The van der Waals surface area contributed by atoms with Gasteiger partial charge in [-0.05, 0) is 48.5 Å². The fraction of sp³-hybridized carbons (Fsp3) is 0.214. The summed E-state index contributed by atoms with van der Waals surface area (Å²) in [6.07, 6.45) is 3.52. The van der Waals surface area contributed by atoms with Gasteiger partial charge in [-0.15, -0.1) is 0 Å². The van der Waals surface area contributed by atoms with Crippen molar-refractivity contribution in [3.8, 4) is 11.6 Å². The van der Waals surface area contributed by atoms with Crippen LogP contribution in [-0.4, -0.2) is 62.1 Å². The third-order valence-corrected chi connectivity index (χ3v) is 5.01. The summed E-state index contributed by atoms with van der Waals surface area (Å²) >= 11 is 0. The largest absolute Gasteiger partial charge is 0.438 e. The highest BCUT2D eigenvalue weighted by Gasteiger charge is 2.14. The van der Waals surface area contributed by atoms with Gasteiger partial charge in [0, 0.05) is 30.9 Å². The Hall–Kier alpha value is -4.48. The highest BCUT2D eigenvalue weighted by atomic mass is 19.2. The number of allylic oxidation sites excluding steroid dienone is 1. The molecule has 1 aromatic heterocycles. The zero-order valence-corrected chi connectivity index (χ0v) is 20.9. The van der Waals surface area contributed by atoms with E-state index in [4.69, 9.17) is 14.2 Å². The summed E-state index contributed by atoms with van der Waals surface area (Å²) in [6, 6.07) is 15.0. The second kappa shape index (κ2) is 15.7. The number of carbonyl (C=O) groups excluding carboxylic acids is 3. The molecule has 2 N–H and O–H groups in total. The molecule has 204 valence electrons. The standard InChI is InChI=1S/C28H27F2N3O6/c29-23-9-8-20(19-24(23)30)25(34)10-11-26(35)31-13-15-37-17-18-38-16-14-32-27(36)22-7-4-12-33-28(22)39-21-5-2-1-3-6-21/h1-12,19H,13-18H2,(H,31,35)(H,32,36)/b11-10+. The number of carbonyl (C=O) groups is 3. The Kier molecular flexibility index (Phi) is 11.7. The molecule has 0 saturated carbocycles. The smallest absolute Gasteiger partial charge is 0.256 e. The lowest BCUT2D eigenvalue weighted by atomic mass is 10.1. The summed E-state index contributed by atoms with van der Waals surface area (Å²) < 4.78 is 42.6. The Bertz CT molecular complexity index is 1290. The molecule has 0 saturated heterocycles. The minimum absolute atomic E-state index is 0.0697. The summed E-state index contributed by atoms with van der Waals surface area (Å²) in [6.45, 7) is 1.48. The van der Waals surface area contributed by atoms with Crippen LogP contribution in [0.3, 0.4) is 0 Å². The maximum absolute atomic E-state index is 13.2. The van der Waals surface area contributed by atoms with Gasteiger partial charge in [-0.25, -0.2) is 13.8 Å². The van der Waals surface area contributed by atoms with Crippen LogP contribution in [0.25, 0.3) is 0 Å². The second-order valence-corrected chi connectivity index (χ2v) is 7.87. The molecule has 3 aromatic rings. The molecule has 0 atom stereocenters. The average Bonchev–Trinajstić information content (AvgIpc) is 2.95. The van der Waals surface area contributed by atoms with Gasteiger partial charge in [0.15, 0.2) is 17.4 Å². The molecular formula is C28H27F2N3O6. The Labute approximate surface area is 223 Å². The first-order chi connectivity index (χ1) is 18.9. The highest BCUT2D eigenvalue weighted by molar-refractivity contribution is 6.07. The van der Waals surface area contributed by atoms with Gasteiger partial charge in [0.25, 0.3) is 5.91 Å². The number of hydrogen-bond acceptors (Lipinski definition) is 7. The third kappa shape index (κ3) is 10.1. The number of aromatic nitrogens is 1. The van der Waals surface area contributed by atoms with Gasteiger partial charge in [-0.3, -0.25) is 14.4 Å². The number of hydrogen-bond donors (Lipinski definition) is 2. The summed E-state index contributed by atoms with van der Waals surface area (Å²) in [4.78, 5) is 40.3. The van der Waals surface area contributed by atoms with Crippen LogP contribution >= 0.6 is 0 Å². The van der Waals surface area contributed by atoms with E-state index in [1.807, 2.05) is 18.2 Å². The molecule has 11 heteroatoms. The molecule has 0 aliphatic carbocycles. The van der Waals surface area contributed by atoms with Crippen LogP contribution in [0.4, 0.5) is 8.78 Å². The SMILES string of the molecule is O=C(/C=C/C(=O)c1ccc(F)c(F)c1)NCCOCCOCCNC(=O)c1cccnc1Oc1ccccc1. The molecule has 0 aliphatic rings. The lowest BCUT2D eigenvalue weighted by Crippen LogP contribution is -2.28. The van der Waals surface area contributed by atoms with Crippen molar-refractivity contribution in [3.63, 3.8) is 0 Å². The Morgan fingerprint density at radius 3 is 2.23 bits per heavy atom. The fourth-order valence-electron chi connectivity index (χ4n) is 3.10. The van der Waals surface area contributed by atoms with E-state index in [9.17, 15) is 23.2 Å². The molecule has 2 aromatic carbocycles. The quantitative estimate of drug-likeness (QED) is 0.173. The van der Waals surface area contributed by atoms with Crippen molar-refractivity contribution >= 4 is 17.6 Å². The summed E-state index contributed by atoms with van der Waals surface area (Å²) in [5.74, 6) is -2.94. The molecule has 9 nitrogen and oxygen atoms in total. The van der Waals surface area contributed by atoms with E-state index in [0.29, 0.717) is 11.3 Å². The maximum Gasteiger partial charge on any atom is 0.256 e. The highest BCUT2D eigenvalue weighted by Crippen LogP contribution is 2.22. The van der Waals surface area contributed by atoms with Crippen LogP contribution in [0, 0.1) is 11.6 Å². The topological polar surface area (TPSA) is 116 Å². The van der Waals surface area contributed by atoms with E-state index in [-0.39, 0.29) is 56.9 Å². The maximum atomic E-state index is 13.2. The number of pyridine rings is 1. The number of amides is 2. The fourth-order valence-corrected chi connectivity index (χ4v) is 3.10. The minimum atomic E-state index is -1.14. The number of rotatable bonds is 15. The van der Waals surface area contributed by atoms with E-state index in [1.54, 1.807) is 30.5 Å². The third-order valence-electron chi connectivity index (χ3n) is 5.01. The van der Waals surface area contributed by atoms with E-state index >= 15 is 0 Å². The lowest BCUT2D eigenvalue weighted by Gasteiger charge is -2.10. The summed E-state index contributed by atoms with van der Waals surface area (Å²) in [5.41, 5.74) is 0.232. The van der Waals surface area contributed by atoms with Crippen molar-refractivity contribution < 1.29 is 37.4 Å². The Morgan fingerprint density at radius 1 is 0.795 bits per heavy atom. The van der Waals surface area contributed by atoms with Crippen LogP contribution in [0.1, 0.15) is 20.7 Å². The van der Waals surface area contributed by atoms with E-state index < -0.39 is 23.3 Å². The first-order valence-corrected chi connectivity index (χ1v) is 12.0. The van der Waals surface area contributed by atoms with Crippen molar-refractivity contribution in [2.75, 3.05) is 39.5 Å². The molecule has 3 rings (SSSR count). The van der Waals surface area contributed by atoms with Crippen molar-refractivity contribution in [3.05, 3.63) is 102 Å². The van der Waals surface area contributed by atoms with Crippen molar-refractivity contribution in [1.29, 1.82) is 0 Å². The zero-order chi connectivity index (χ0) is 27.9. The number of halogens is 2. The first kappa shape index (κ1) is 29.1. The molecule has 0 radical (unpaired) electrons. The van der Waals surface area contributed by atoms with Gasteiger partial charge >= 0.3 is 0 Å². The van der Waals surface area contributed by atoms with Crippen molar-refractivity contribution in [1.82, 2.24) is 15.6 Å². The summed E-state index contributed by atoms with van der Waals surface area (Å²) in [7, 11) is 0. The molecule has 0 aliphatic heterocycles. The molecule has 1 heterocycles. The Morgan fingerprint density at radius 2 is 1.51 bits per heavy atom. The minimum Gasteiger partial charge on any atom is -0.438 e. The number of nitrogens with one attached hydrogen (secondary N) is 2. The average molecular weight is 540 g/mol.